The summed E-state index contributed by atoms with van der Waals surface area (Å²) in [5.41, 5.74) is 1.20. The lowest BCUT2D eigenvalue weighted by atomic mass is 10.1. The highest BCUT2D eigenvalue weighted by atomic mass is 32.2. The van der Waals surface area contributed by atoms with E-state index in [9.17, 15) is 10.1 Å². The zero-order chi connectivity index (χ0) is 16.5. The van der Waals surface area contributed by atoms with Gasteiger partial charge in [-0.3, -0.25) is 4.79 Å². The summed E-state index contributed by atoms with van der Waals surface area (Å²) in [7, 11) is 0. The van der Waals surface area contributed by atoms with Crippen molar-refractivity contribution in [3.05, 3.63) is 23.8 Å². The van der Waals surface area contributed by atoms with Crippen molar-refractivity contribution < 1.29 is 14.3 Å². The molecule has 7 heteroatoms. The number of hydrogen-bond acceptors (Lipinski definition) is 6. The number of carbonyl (C=O) groups is 1. The van der Waals surface area contributed by atoms with Crippen molar-refractivity contribution in [3.63, 3.8) is 0 Å². The van der Waals surface area contributed by atoms with Gasteiger partial charge in [0.05, 0.1) is 16.8 Å². The Kier molecular flexibility index (Phi) is 3.90. The maximum atomic E-state index is 12.2. The smallest absolute Gasteiger partial charge is 0.232 e. The number of pyridine rings is 1. The number of benzene rings is 1. The van der Waals surface area contributed by atoms with Gasteiger partial charge in [0.25, 0.3) is 0 Å². The highest BCUT2D eigenvalue weighted by Gasteiger charge is 2.20. The van der Waals surface area contributed by atoms with E-state index < -0.39 is 0 Å². The molecule has 0 radical (unpaired) electrons. The molecular weight excluding hydrogens is 326 g/mol. The number of ether oxygens (including phenoxy) is 2. The van der Waals surface area contributed by atoms with Crippen LogP contribution < -0.4 is 9.47 Å². The Bertz CT molecular complexity index is 856. The van der Waals surface area contributed by atoms with Crippen LogP contribution in [0.25, 0.3) is 10.9 Å². The lowest BCUT2D eigenvalue weighted by Crippen LogP contribution is -2.29. The molecule has 2 aliphatic rings. The number of carbonyl (C=O) groups excluding carboxylic acids is 1. The van der Waals surface area contributed by atoms with E-state index in [-0.39, 0.29) is 12.7 Å². The van der Waals surface area contributed by atoms with Crippen LogP contribution in [0.1, 0.15) is 18.4 Å². The molecule has 1 aromatic heterocycles. The number of fused-ring (bicyclic) bond motifs is 2. The van der Waals surface area contributed by atoms with Crippen molar-refractivity contribution in [2.45, 2.75) is 17.9 Å². The predicted molar refractivity (Wildman–Crippen MR) is 89.1 cm³/mol. The van der Waals surface area contributed by atoms with Crippen molar-refractivity contribution in [2.75, 3.05) is 25.6 Å². The van der Waals surface area contributed by atoms with Gasteiger partial charge in [-0.25, -0.2) is 4.98 Å². The first-order valence-corrected chi connectivity index (χ1v) is 8.78. The van der Waals surface area contributed by atoms with Crippen molar-refractivity contribution in [1.29, 1.82) is 5.26 Å². The van der Waals surface area contributed by atoms with Crippen LogP contribution in [0.4, 0.5) is 0 Å². The van der Waals surface area contributed by atoms with Gasteiger partial charge in [-0.05, 0) is 25.0 Å². The topological polar surface area (TPSA) is 75.5 Å². The molecule has 0 unspecified atom stereocenters. The first-order valence-electron chi connectivity index (χ1n) is 7.80. The molecule has 2 aromatic rings. The Morgan fingerprint density at radius 2 is 2.00 bits per heavy atom. The molecule has 1 aromatic carbocycles. The standard InChI is InChI=1S/C17H15N3O3S/c18-8-12-5-11-6-14-15(23-10-22-14)7-13(11)19-17(12)24-9-16(21)20-3-1-2-4-20/h5-7H,1-4,9-10H2. The molecule has 2 aliphatic heterocycles. The minimum absolute atomic E-state index is 0.106. The summed E-state index contributed by atoms with van der Waals surface area (Å²) in [5, 5.41) is 10.8. The summed E-state index contributed by atoms with van der Waals surface area (Å²) in [6.45, 7) is 1.86. The maximum absolute atomic E-state index is 12.2. The second kappa shape index (κ2) is 6.21. The highest BCUT2D eigenvalue weighted by Crippen LogP contribution is 2.37. The molecule has 0 bridgehead atoms. The number of aromatic nitrogens is 1. The van der Waals surface area contributed by atoms with Gasteiger partial charge in [0, 0.05) is 24.5 Å². The van der Waals surface area contributed by atoms with Crippen molar-refractivity contribution in [2.24, 2.45) is 0 Å². The molecule has 1 saturated heterocycles. The van der Waals surface area contributed by atoms with Gasteiger partial charge in [-0.2, -0.15) is 5.26 Å². The Morgan fingerprint density at radius 1 is 1.25 bits per heavy atom. The lowest BCUT2D eigenvalue weighted by Gasteiger charge is -2.14. The molecule has 0 saturated carbocycles. The van der Waals surface area contributed by atoms with Crippen molar-refractivity contribution in [1.82, 2.24) is 9.88 Å². The van der Waals surface area contributed by atoms with Crippen LogP contribution in [0.2, 0.25) is 0 Å². The fourth-order valence-corrected chi connectivity index (χ4v) is 3.79. The second-order valence-corrected chi connectivity index (χ2v) is 6.69. The maximum Gasteiger partial charge on any atom is 0.232 e. The molecule has 0 N–H and O–H groups in total. The lowest BCUT2D eigenvalue weighted by molar-refractivity contribution is -0.127. The van der Waals surface area contributed by atoms with E-state index in [0.29, 0.717) is 27.8 Å². The fraction of sp³-hybridized carbons (Fsp3) is 0.353. The van der Waals surface area contributed by atoms with E-state index in [1.165, 1.54) is 11.8 Å². The van der Waals surface area contributed by atoms with Gasteiger partial charge >= 0.3 is 0 Å². The van der Waals surface area contributed by atoms with E-state index in [4.69, 9.17) is 9.47 Å². The number of nitrogens with zero attached hydrogens (tertiary/aromatic N) is 3. The van der Waals surface area contributed by atoms with Gasteiger partial charge in [0.15, 0.2) is 11.5 Å². The number of rotatable bonds is 3. The third-order valence-corrected chi connectivity index (χ3v) is 5.16. The molecule has 24 heavy (non-hydrogen) atoms. The quantitative estimate of drug-likeness (QED) is 0.799. The monoisotopic (exact) mass is 341 g/mol. The third kappa shape index (κ3) is 2.74. The van der Waals surface area contributed by atoms with Crippen LogP contribution in [-0.2, 0) is 4.79 Å². The van der Waals surface area contributed by atoms with Gasteiger partial charge in [-0.1, -0.05) is 11.8 Å². The molecule has 1 amide bonds. The molecule has 0 atom stereocenters. The second-order valence-electron chi connectivity index (χ2n) is 5.73. The summed E-state index contributed by atoms with van der Waals surface area (Å²) < 4.78 is 10.7. The number of hydrogen-bond donors (Lipinski definition) is 0. The number of amides is 1. The molecule has 1 fully saturated rings. The summed E-state index contributed by atoms with van der Waals surface area (Å²) in [6, 6.07) is 7.59. The normalized spacial score (nSPS) is 15.7. The van der Waals surface area contributed by atoms with E-state index in [2.05, 4.69) is 11.1 Å². The Hall–Kier alpha value is -2.46. The number of nitriles is 1. The third-order valence-electron chi connectivity index (χ3n) is 4.19. The summed E-state index contributed by atoms with van der Waals surface area (Å²) in [4.78, 5) is 18.6. The van der Waals surface area contributed by atoms with Crippen LogP contribution >= 0.6 is 11.8 Å². The molecule has 3 heterocycles. The SMILES string of the molecule is N#Cc1cc2cc3c(cc2nc1SCC(=O)N1CCCC1)OCO3. The molecular formula is C17H15N3O3S. The average Bonchev–Trinajstić information content (AvgIpc) is 3.27. The van der Waals surface area contributed by atoms with Gasteiger partial charge < -0.3 is 14.4 Å². The van der Waals surface area contributed by atoms with Crippen molar-refractivity contribution in [3.8, 4) is 17.6 Å². The molecule has 122 valence electrons. The minimum atomic E-state index is 0.106. The zero-order valence-electron chi connectivity index (χ0n) is 12.9. The summed E-state index contributed by atoms with van der Waals surface area (Å²) in [6.07, 6.45) is 2.14. The number of thioether (sulfide) groups is 1. The van der Waals surface area contributed by atoms with Crippen molar-refractivity contribution >= 4 is 28.6 Å². The Labute approximate surface area is 143 Å². The molecule has 0 spiro atoms. The molecule has 4 rings (SSSR count). The van der Waals surface area contributed by atoms with Crippen LogP contribution in [0.15, 0.2) is 23.2 Å². The van der Waals surface area contributed by atoms with Gasteiger partial charge in [0.1, 0.15) is 11.1 Å². The van der Waals surface area contributed by atoms with E-state index >= 15 is 0 Å². The first-order chi connectivity index (χ1) is 11.7. The molecule has 6 nitrogen and oxygen atoms in total. The van der Waals surface area contributed by atoms with Crippen LogP contribution in [0.3, 0.4) is 0 Å². The van der Waals surface area contributed by atoms with E-state index in [1.807, 2.05) is 17.0 Å². The van der Waals surface area contributed by atoms with E-state index in [0.717, 1.165) is 36.8 Å². The zero-order valence-corrected chi connectivity index (χ0v) is 13.8. The predicted octanol–water partition coefficient (Wildman–Crippen LogP) is 2.55. The number of likely N-dealkylation sites (tertiary alicyclic amines) is 1. The average molecular weight is 341 g/mol. The largest absolute Gasteiger partial charge is 0.454 e. The van der Waals surface area contributed by atoms with Gasteiger partial charge in [0.2, 0.25) is 12.7 Å². The summed E-state index contributed by atoms with van der Waals surface area (Å²) >= 11 is 1.32. The first kappa shape index (κ1) is 15.1. The Balaban J connectivity index is 1.60. The highest BCUT2D eigenvalue weighted by molar-refractivity contribution is 8.00. The van der Waals surface area contributed by atoms with Gasteiger partial charge in [-0.15, -0.1) is 0 Å². The fourth-order valence-electron chi connectivity index (χ4n) is 2.92. The Morgan fingerprint density at radius 3 is 2.75 bits per heavy atom. The van der Waals surface area contributed by atoms with Crippen LogP contribution in [0, 0.1) is 11.3 Å². The van der Waals surface area contributed by atoms with Crippen LogP contribution in [-0.4, -0.2) is 41.4 Å². The summed E-state index contributed by atoms with van der Waals surface area (Å²) in [5.74, 6) is 1.73. The minimum Gasteiger partial charge on any atom is -0.454 e. The molecule has 0 aliphatic carbocycles. The van der Waals surface area contributed by atoms with E-state index in [1.54, 1.807) is 6.07 Å². The van der Waals surface area contributed by atoms with Crippen LogP contribution in [0.5, 0.6) is 11.5 Å².